The average Bonchev–Trinajstić information content (AvgIpc) is 3.09. The van der Waals surface area contributed by atoms with Crippen LogP contribution in [0.25, 0.3) is 16.9 Å². The Balaban J connectivity index is 1.61. The van der Waals surface area contributed by atoms with E-state index in [0.717, 1.165) is 71.3 Å². The lowest BCUT2D eigenvalue weighted by Crippen LogP contribution is -2.30. The molecule has 0 atom stereocenters. The van der Waals surface area contributed by atoms with Gasteiger partial charge in [0.1, 0.15) is 5.82 Å². The summed E-state index contributed by atoms with van der Waals surface area (Å²) in [5.74, 6) is 0.749. The van der Waals surface area contributed by atoms with Crippen LogP contribution < -0.4 is 22.2 Å². The summed E-state index contributed by atoms with van der Waals surface area (Å²) in [5.41, 5.74) is 17.2. The molecular formula is C26H29BN6O3. The quantitative estimate of drug-likeness (QED) is 0.197. The fraction of sp³-hybridized carbons (Fsp3) is 0.269. The van der Waals surface area contributed by atoms with Crippen LogP contribution in [0.15, 0.2) is 48.5 Å². The van der Waals surface area contributed by atoms with E-state index in [-0.39, 0.29) is 6.54 Å². The number of nitrogens with two attached hydrogens (primary N) is 2. The highest BCUT2D eigenvalue weighted by atomic mass is 16.4. The second kappa shape index (κ2) is 10.1. The summed E-state index contributed by atoms with van der Waals surface area (Å²) in [7, 11) is -1.52. The number of aryl methyl sites for hydroxylation is 1. The minimum atomic E-state index is -1.52. The summed E-state index contributed by atoms with van der Waals surface area (Å²) in [4.78, 5) is 22.0. The molecule has 4 aromatic rings. The van der Waals surface area contributed by atoms with Crippen LogP contribution in [0.2, 0.25) is 0 Å². The van der Waals surface area contributed by atoms with E-state index in [4.69, 9.17) is 21.4 Å². The number of carbonyl (C=O) groups excluding carboxylic acids is 1. The molecule has 2 aromatic carbocycles. The summed E-state index contributed by atoms with van der Waals surface area (Å²) in [6.45, 7) is 0.706. The summed E-state index contributed by atoms with van der Waals surface area (Å²) < 4.78 is 1.90. The van der Waals surface area contributed by atoms with Gasteiger partial charge in [0.2, 0.25) is 11.9 Å². The lowest BCUT2D eigenvalue weighted by atomic mass is 9.79. The maximum Gasteiger partial charge on any atom is 0.488 e. The number of fused-ring (bicyclic) bond motifs is 2. The van der Waals surface area contributed by atoms with Crippen molar-refractivity contribution in [3.05, 3.63) is 76.6 Å². The molecule has 1 aliphatic carbocycles. The fourth-order valence-electron chi connectivity index (χ4n) is 4.94. The van der Waals surface area contributed by atoms with Crippen LogP contribution >= 0.6 is 0 Å². The Hall–Kier alpha value is -3.73. The Labute approximate surface area is 209 Å². The zero-order valence-electron chi connectivity index (χ0n) is 19.9. The van der Waals surface area contributed by atoms with Crippen molar-refractivity contribution in [1.29, 1.82) is 0 Å². The Morgan fingerprint density at radius 2 is 1.86 bits per heavy atom. The third kappa shape index (κ3) is 4.58. The standard InChI is InChI=1S/C26H29BN6O3/c28-14-18-13-21-19(24(29)34)9-5-11-23(21)33(18)26-31-22-10-3-1-2-8-20(22)25(32-26)30-15-16-6-4-7-17(12-16)27(35)36/h4-7,9,11-13,35-36H,1-3,8,10,14-15,28H2,(H2,29,34)(H,30,31,32). The SMILES string of the molecule is NCc1cc2c(C(N)=O)cccc2n1-c1nc2c(c(NCc3cccc(B(O)O)c3)n1)CCCCC2. The lowest BCUT2D eigenvalue weighted by molar-refractivity contribution is 0.100. The predicted octanol–water partition coefficient (Wildman–Crippen LogP) is 1.54. The molecule has 0 aliphatic heterocycles. The molecule has 0 saturated carbocycles. The van der Waals surface area contributed by atoms with E-state index >= 15 is 0 Å². The summed E-state index contributed by atoms with van der Waals surface area (Å²) in [6.07, 6.45) is 5.00. The van der Waals surface area contributed by atoms with Gasteiger partial charge in [-0.25, -0.2) is 4.98 Å². The first-order valence-electron chi connectivity index (χ1n) is 12.2. The zero-order chi connectivity index (χ0) is 25.2. The molecule has 9 nitrogen and oxygen atoms in total. The van der Waals surface area contributed by atoms with Gasteiger partial charge in [-0.1, -0.05) is 36.8 Å². The number of amides is 1. The van der Waals surface area contributed by atoms with E-state index in [2.05, 4.69) is 5.32 Å². The lowest BCUT2D eigenvalue weighted by Gasteiger charge is -2.17. The molecule has 0 saturated heterocycles. The van der Waals surface area contributed by atoms with Crippen molar-refractivity contribution in [3.63, 3.8) is 0 Å². The predicted molar refractivity (Wildman–Crippen MR) is 140 cm³/mol. The summed E-state index contributed by atoms with van der Waals surface area (Å²) in [6, 6.07) is 14.5. The second-order valence-corrected chi connectivity index (χ2v) is 9.11. The first-order valence-corrected chi connectivity index (χ1v) is 12.2. The molecule has 10 heteroatoms. The van der Waals surface area contributed by atoms with Gasteiger partial charge in [-0.2, -0.15) is 4.98 Å². The highest BCUT2D eigenvalue weighted by Gasteiger charge is 2.21. The van der Waals surface area contributed by atoms with E-state index < -0.39 is 13.0 Å². The zero-order valence-corrected chi connectivity index (χ0v) is 19.9. The third-order valence-corrected chi connectivity index (χ3v) is 6.73. The first kappa shape index (κ1) is 24.0. The van der Waals surface area contributed by atoms with Crippen LogP contribution in [0.5, 0.6) is 0 Å². The van der Waals surface area contributed by atoms with Crippen molar-refractivity contribution in [2.75, 3.05) is 5.32 Å². The van der Waals surface area contributed by atoms with E-state index in [9.17, 15) is 14.8 Å². The number of carbonyl (C=O) groups is 1. The Morgan fingerprint density at radius 3 is 2.64 bits per heavy atom. The van der Waals surface area contributed by atoms with Crippen LogP contribution in [0.1, 0.15) is 52.1 Å². The first-order chi connectivity index (χ1) is 17.5. The van der Waals surface area contributed by atoms with Gasteiger partial charge in [0.15, 0.2) is 0 Å². The minimum absolute atomic E-state index is 0.242. The van der Waals surface area contributed by atoms with Gasteiger partial charge in [0.05, 0.1) is 11.2 Å². The third-order valence-electron chi connectivity index (χ3n) is 6.73. The fourth-order valence-corrected chi connectivity index (χ4v) is 4.94. The van der Waals surface area contributed by atoms with Crippen LogP contribution in [-0.4, -0.2) is 37.6 Å². The highest BCUT2D eigenvalue weighted by molar-refractivity contribution is 6.58. The molecule has 5 rings (SSSR count). The van der Waals surface area contributed by atoms with Gasteiger partial charge in [-0.15, -0.1) is 0 Å². The van der Waals surface area contributed by atoms with Gasteiger partial charge >= 0.3 is 7.12 Å². The second-order valence-electron chi connectivity index (χ2n) is 9.11. The number of hydrogen-bond donors (Lipinski definition) is 5. The Morgan fingerprint density at radius 1 is 1.06 bits per heavy atom. The van der Waals surface area contributed by atoms with Gasteiger partial charge in [0.25, 0.3) is 0 Å². The van der Waals surface area contributed by atoms with Crippen molar-refractivity contribution in [3.8, 4) is 5.95 Å². The summed E-state index contributed by atoms with van der Waals surface area (Å²) >= 11 is 0. The van der Waals surface area contributed by atoms with Crippen LogP contribution in [0.3, 0.4) is 0 Å². The number of anilines is 1. The molecule has 0 unspecified atom stereocenters. The molecule has 1 aliphatic rings. The van der Waals surface area contributed by atoms with Crippen LogP contribution in [-0.2, 0) is 25.9 Å². The van der Waals surface area contributed by atoms with Crippen molar-refractivity contribution < 1.29 is 14.8 Å². The molecule has 2 aromatic heterocycles. The van der Waals surface area contributed by atoms with Gasteiger partial charge in [0, 0.05) is 35.3 Å². The number of aromatic nitrogens is 3. The maximum absolute atomic E-state index is 12.0. The summed E-state index contributed by atoms with van der Waals surface area (Å²) in [5, 5.41) is 23.2. The van der Waals surface area contributed by atoms with E-state index in [1.54, 1.807) is 30.3 Å². The Kier molecular flexibility index (Phi) is 6.73. The monoisotopic (exact) mass is 484 g/mol. The molecule has 2 heterocycles. The number of benzene rings is 2. The maximum atomic E-state index is 12.0. The van der Waals surface area contributed by atoms with Gasteiger partial charge in [-0.3, -0.25) is 9.36 Å². The van der Waals surface area contributed by atoms with Crippen molar-refractivity contribution >= 4 is 35.2 Å². The van der Waals surface area contributed by atoms with E-state index in [0.29, 0.717) is 23.5 Å². The number of nitrogens with zero attached hydrogens (tertiary/aromatic N) is 3. The molecule has 0 bridgehead atoms. The van der Waals surface area contributed by atoms with Crippen molar-refractivity contribution in [2.45, 2.75) is 45.2 Å². The number of hydrogen-bond acceptors (Lipinski definition) is 7. The molecular weight excluding hydrogens is 455 g/mol. The molecule has 1 amide bonds. The largest absolute Gasteiger partial charge is 0.488 e. The minimum Gasteiger partial charge on any atom is -0.423 e. The average molecular weight is 484 g/mol. The molecule has 0 spiro atoms. The molecule has 184 valence electrons. The molecule has 0 fully saturated rings. The highest BCUT2D eigenvalue weighted by Crippen LogP contribution is 2.30. The Bertz CT molecular complexity index is 1430. The number of rotatable bonds is 7. The number of primary amides is 1. The molecule has 36 heavy (non-hydrogen) atoms. The topological polar surface area (TPSA) is 152 Å². The normalized spacial score (nSPS) is 13.3. The van der Waals surface area contributed by atoms with Crippen LogP contribution in [0.4, 0.5) is 5.82 Å². The van der Waals surface area contributed by atoms with Crippen molar-refractivity contribution in [1.82, 2.24) is 14.5 Å². The van der Waals surface area contributed by atoms with E-state index in [1.165, 1.54) is 0 Å². The van der Waals surface area contributed by atoms with Gasteiger partial charge < -0.3 is 26.8 Å². The van der Waals surface area contributed by atoms with Gasteiger partial charge in [-0.05, 0) is 54.9 Å². The van der Waals surface area contributed by atoms with Crippen LogP contribution in [0, 0.1) is 0 Å². The van der Waals surface area contributed by atoms with Crippen molar-refractivity contribution in [2.24, 2.45) is 11.5 Å². The molecule has 7 N–H and O–H groups in total. The number of nitrogens with one attached hydrogen (secondary N) is 1. The smallest absolute Gasteiger partial charge is 0.423 e. The van der Waals surface area contributed by atoms with E-state index in [1.807, 2.05) is 22.8 Å². The molecule has 0 radical (unpaired) electrons.